The summed E-state index contributed by atoms with van der Waals surface area (Å²) in [6.45, 7) is 3.53. The first-order chi connectivity index (χ1) is 5.24. The average Bonchev–Trinajstić information content (AvgIpc) is 2.36. The first kappa shape index (κ1) is 8.56. The lowest BCUT2D eigenvalue weighted by Gasteiger charge is -2.01. The molecule has 0 spiro atoms. The average molecular weight is 217 g/mol. The Morgan fingerprint density at radius 3 is 3.00 bits per heavy atom. The molecule has 11 heavy (non-hydrogen) atoms. The molecule has 0 amide bonds. The molecule has 0 radical (unpaired) electrons. The second-order valence-corrected chi connectivity index (χ2v) is 3.01. The van der Waals surface area contributed by atoms with Crippen LogP contribution in [-0.4, -0.2) is 5.11 Å². The molecule has 0 aliphatic heterocycles. The van der Waals surface area contributed by atoms with E-state index in [-0.39, 0.29) is 0 Å². The van der Waals surface area contributed by atoms with Crippen molar-refractivity contribution in [3.05, 3.63) is 35.2 Å². The molecule has 0 bridgehead atoms. The largest absolute Gasteiger partial charge is 0.457 e. The maximum Gasteiger partial charge on any atom is 0.169 e. The summed E-state index contributed by atoms with van der Waals surface area (Å²) in [5, 5.41) is 9.38. The lowest BCUT2D eigenvalue weighted by Crippen LogP contribution is -1.91. The number of aliphatic hydroxyl groups excluding tert-OH is 1. The van der Waals surface area contributed by atoms with Gasteiger partial charge in [-0.1, -0.05) is 6.08 Å². The van der Waals surface area contributed by atoms with Gasteiger partial charge in [0.15, 0.2) is 4.67 Å². The molecular weight excluding hydrogens is 208 g/mol. The highest BCUT2D eigenvalue weighted by atomic mass is 79.9. The van der Waals surface area contributed by atoms with E-state index in [1.165, 1.54) is 6.26 Å². The molecule has 60 valence electrons. The fourth-order valence-corrected chi connectivity index (χ4v) is 1.15. The smallest absolute Gasteiger partial charge is 0.169 e. The van der Waals surface area contributed by atoms with Gasteiger partial charge in [0, 0.05) is 5.56 Å². The van der Waals surface area contributed by atoms with E-state index in [4.69, 9.17) is 4.42 Å². The monoisotopic (exact) mass is 216 g/mol. The summed E-state index contributed by atoms with van der Waals surface area (Å²) in [5.74, 6) is 0. The van der Waals surface area contributed by atoms with Crippen LogP contribution in [0.5, 0.6) is 0 Å². The zero-order valence-corrected chi connectivity index (χ0v) is 7.54. The van der Waals surface area contributed by atoms with Gasteiger partial charge in [-0.3, -0.25) is 0 Å². The Labute approximate surface area is 73.7 Å². The van der Waals surface area contributed by atoms with Crippen LogP contribution < -0.4 is 0 Å². The van der Waals surface area contributed by atoms with Gasteiger partial charge in [-0.2, -0.15) is 0 Å². The fraction of sp³-hybridized carbons (Fsp3) is 0.250. The minimum atomic E-state index is -0.498. The van der Waals surface area contributed by atoms with Crippen LogP contribution in [0.25, 0.3) is 0 Å². The van der Waals surface area contributed by atoms with Crippen LogP contribution >= 0.6 is 15.9 Å². The first-order valence-electron chi connectivity index (χ1n) is 3.27. The molecule has 1 aromatic heterocycles. The summed E-state index contributed by atoms with van der Waals surface area (Å²) >= 11 is 3.15. The summed E-state index contributed by atoms with van der Waals surface area (Å²) in [5.41, 5.74) is 0.775. The number of halogens is 1. The number of hydrogen-bond donors (Lipinski definition) is 1. The molecule has 0 aliphatic rings. The topological polar surface area (TPSA) is 33.4 Å². The van der Waals surface area contributed by atoms with Gasteiger partial charge in [-0.15, -0.1) is 6.58 Å². The molecule has 0 saturated heterocycles. The normalized spacial score (nSPS) is 12.9. The van der Waals surface area contributed by atoms with Gasteiger partial charge in [0.2, 0.25) is 0 Å². The maximum absolute atomic E-state index is 9.38. The van der Waals surface area contributed by atoms with Crippen LogP contribution in [0.4, 0.5) is 0 Å². The number of hydrogen-bond acceptors (Lipinski definition) is 2. The van der Waals surface area contributed by atoms with Crippen molar-refractivity contribution in [1.82, 2.24) is 0 Å². The lowest BCUT2D eigenvalue weighted by molar-refractivity contribution is 0.180. The van der Waals surface area contributed by atoms with Crippen molar-refractivity contribution in [2.75, 3.05) is 0 Å². The quantitative estimate of drug-likeness (QED) is 0.789. The SMILES string of the molecule is C=CCC(O)c1coc(Br)c1. The van der Waals surface area contributed by atoms with Crippen LogP contribution in [0, 0.1) is 0 Å². The summed E-state index contributed by atoms with van der Waals surface area (Å²) in [7, 11) is 0. The van der Waals surface area contributed by atoms with E-state index >= 15 is 0 Å². The van der Waals surface area contributed by atoms with E-state index in [1.54, 1.807) is 12.1 Å². The summed E-state index contributed by atoms with van der Waals surface area (Å²) in [6.07, 6.45) is 3.25. The van der Waals surface area contributed by atoms with Crippen LogP contribution in [0.15, 0.2) is 34.1 Å². The third-order valence-corrected chi connectivity index (χ3v) is 1.78. The van der Waals surface area contributed by atoms with E-state index < -0.39 is 6.10 Å². The predicted molar refractivity (Wildman–Crippen MR) is 46.2 cm³/mol. The zero-order chi connectivity index (χ0) is 8.27. The fourth-order valence-electron chi connectivity index (χ4n) is 0.792. The Kier molecular flexibility index (Phi) is 2.91. The standard InChI is InChI=1S/C8H9BrO2/c1-2-3-7(10)6-4-8(9)11-5-6/h2,4-5,7,10H,1,3H2. The number of furan rings is 1. The van der Waals surface area contributed by atoms with E-state index in [0.717, 1.165) is 5.56 Å². The molecule has 1 rings (SSSR count). The summed E-state index contributed by atoms with van der Waals surface area (Å²) in [6, 6.07) is 1.74. The molecule has 0 aliphatic carbocycles. The first-order valence-corrected chi connectivity index (χ1v) is 4.06. The van der Waals surface area contributed by atoms with Gasteiger partial charge >= 0.3 is 0 Å². The molecular formula is C8H9BrO2. The Hall–Kier alpha value is -0.540. The van der Waals surface area contributed by atoms with Gasteiger partial charge < -0.3 is 9.52 Å². The van der Waals surface area contributed by atoms with Crippen molar-refractivity contribution in [1.29, 1.82) is 0 Å². The van der Waals surface area contributed by atoms with Crippen molar-refractivity contribution in [3.63, 3.8) is 0 Å². The highest BCUT2D eigenvalue weighted by molar-refractivity contribution is 9.10. The molecule has 1 N–H and O–H groups in total. The second-order valence-electron chi connectivity index (χ2n) is 2.22. The lowest BCUT2D eigenvalue weighted by atomic mass is 10.1. The van der Waals surface area contributed by atoms with Crippen LogP contribution in [0.3, 0.4) is 0 Å². The van der Waals surface area contributed by atoms with Crippen LogP contribution in [0.2, 0.25) is 0 Å². The van der Waals surface area contributed by atoms with E-state index in [0.29, 0.717) is 11.1 Å². The highest BCUT2D eigenvalue weighted by Gasteiger charge is 2.07. The van der Waals surface area contributed by atoms with Crippen molar-refractivity contribution in [2.45, 2.75) is 12.5 Å². The van der Waals surface area contributed by atoms with E-state index in [9.17, 15) is 5.11 Å². The van der Waals surface area contributed by atoms with Crippen molar-refractivity contribution in [3.8, 4) is 0 Å². The van der Waals surface area contributed by atoms with Gasteiger partial charge in [0.1, 0.15) is 0 Å². The van der Waals surface area contributed by atoms with Gasteiger partial charge in [-0.05, 0) is 28.4 Å². The minimum absolute atomic E-state index is 0.498. The van der Waals surface area contributed by atoms with Crippen molar-refractivity contribution >= 4 is 15.9 Å². The Balaban J connectivity index is 2.67. The van der Waals surface area contributed by atoms with Gasteiger partial charge in [0.25, 0.3) is 0 Å². The molecule has 3 heteroatoms. The molecule has 0 saturated carbocycles. The van der Waals surface area contributed by atoms with Gasteiger partial charge in [0.05, 0.1) is 12.4 Å². The van der Waals surface area contributed by atoms with Crippen LogP contribution in [0.1, 0.15) is 18.1 Å². The summed E-state index contributed by atoms with van der Waals surface area (Å²) < 4.78 is 5.59. The van der Waals surface area contributed by atoms with Gasteiger partial charge in [-0.25, -0.2) is 0 Å². The predicted octanol–water partition coefficient (Wildman–Crippen LogP) is 2.65. The molecule has 1 aromatic rings. The molecule has 0 aromatic carbocycles. The Morgan fingerprint density at radius 2 is 2.55 bits per heavy atom. The number of rotatable bonds is 3. The molecule has 2 nitrogen and oxygen atoms in total. The number of aliphatic hydroxyl groups is 1. The van der Waals surface area contributed by atoms with E-state index in [2.05, 4.69) is 22.5 Å². The highest BCUT2D eigenvalue weighted by Crippen LogP contribution is 2.22. The molecule has 1 heterocycles. The molecule has 1 atom stereocenters. The minimum Gasteiger partial charge on any atom is -0.457 e. The third kappa shape index (κ3) is 2.20. The summed E-state index contributed by atoms with van der Waals surface area (Å²) in [4.78, 5) is 0. The van der Waals surface area contributed by atoms with Crippen LogP contribution in [-0.2, 0) is 0 Å². The molecule has 1 unspecified atom stereocenters. The second kappa shape index (κ2) is 3.74. The van der Waals surface area contributed by atoms with E-state index in [1.807, 2.05) is 0 Å². The maximum atomic E-state index is 9.38. The molecule has 0 fully saturated rings. The third-order valence-electron chi connectivity index (χ3n) is 1.36. The Bertz CT molecular complexity index is 242. The van der Waals surface area contributed by atoms with Crippen molar-refractivity contribution in [2.24, 2.45) is 0 Å². The zero-order valence-electron chi connectivity index (χ0n) is 5.96. The Morgan fingerprint density at radius 1 is 1.82 bits per heavy atom. The van der Waals surface area contributed by atoms with Crippen molar-refractivity contribution < 1.29 is 9.52 Å².